The van der Waals surface area contributed by atoms with Gasteiger partial charge in [0.05, 0.1) is 0 Å². The summed E-state index contributed by atoms with van der Waals surface area (Å²) in [5, 5.41) is 3.18. The van der Waals surface area contributed by atoms with Crippen LogP contribution in [0.1, 0.15) is 32.6 Å². The van der Waals surface area contributed by atoms with Crippen molar-refractivity contribution in [1.29, 1.82) is 0 Å². The molecule has 3 aliphatic carbocycles. The van der Waals surface area contributed by atoms with Gasteiger partial charge in [-0.2, -0.15) is 0 Å². The van der Waals surface area contributed by atoms with Crippen molar-refractivity contribution in [3.05, 3.63) is 0 Å². The second kappa shape index (κ2) is 2.49. The van der Waals surface area contributed by atoms with Gasteiger partial charge in [0.1, 0.15) is 0 Å². The van der Waals surface area contributed by atoms with E-state index in [2.05, 4.69) is 12.2 Å². The van der Waals surface area contributed by atoms with E-state index in [9.17, 15) is 4.79 Å². The van der Waals surface area contributed by atoms with Gasteiger partial charge in [-0.3, -0.25) is 4.79 Å². The highest BCUT2D eigenvalue weighted by atomic mass is 16.2. The third-order valence-electron chi connectivity index (χ3n) is 3.84. The summed E-state index contributed by atoms with van der Waals surface area (Å²) < 4.78 is 0. The Morgan fingerprint density at radius 3 is 2.54 bits per heavy atom. The second-order valence-electron chi connectivity index (χ2n) is 5.17. The summed E-state index contributed by atoms with van der Waals surface area (Å²) in [6.45, 7) is 2.16. The van der Waals surface area contributed by atoms with Gasteiger partial charge in [-0.15, -0.1) is 0 Å². The lowest BCUT2D eigenvalue weighted by atomic mass is 10.2. The van der Waals surface area contributed by atoms with Crippen molar-refractivity contribution in [3.63, 3.8) is 0 Å². The summed E-state index contributed by atoms with van der Waals surface area (Å²) in [6, 6.07) is 0.563. The average Bonchev–Trinajstić information content (AvgIpc) is 2.89. The Labute approximate surface area is 79.1 Å². The van der Waals surface area contributed by atoms with Crippen molar-refractivity contribution < 1.29 is 4.79 Å². The summed E-state index contributed by atoms with van der Waals surface area (Å²) >= 11 is 0. The third-order valence-corrected chi connectivity index (χ3v) is 3.84. The number of hydrogen-bond donors (Lipinski definition) is 1. The standard InChI is InChI=1S/C11H17NO/c1-6-4-8(6)11(13)12-10-5-9(10)7-2-3-7/h6-10H,2-5H2,1H3,(H,12,13)/t6-,8-,9+,10-/m1/s1. The fourth-order valence-corrected chi connectivity index (χ4v) is 2.40. The predicted octanol–water partition coefficient (Wildman–Crippen LogP) is 1.56. The van der Waals surface area contributed by atoms with Crippen LogP contribution in [-0.4, -0.2) is 11.9 Å². The van der Waals surface area contributed by atoms with E-state index in [1.54, 1.807) is 0 Å². The summed E-state index contributed by atoms with van der Waals surface area (Å²) in [4.78, 5) is 11.5. The lowest BCUT2D eigenvalue weighted by Gasteiger charge is -2.02. The van der Waals surface area contributed by atoms with Crippen LogP contribution in [-0.2, 0) is 4.79 Å². The number of rotatable bonds is 3. The van der Waals surface area contributed by atoms with Crippen LogP contribution in [0.25, 0.3) is 0 Å². The van der Waals surface area contributed by atoms with Crippen molar-refractivity contribution in [2.45, 2.75) is 38.6 Å². The Bertz CT molecular complexity index is 246. The van der Waals surface area contributed by atoms with Gasteiger partial charge in [0.25, 0.3) is 0 Å². The maximum atomic E-state index is 11.5. The number of nitrogens with one attached hydrogen (secondary N) is 1. The molecule has 3 fully saturated rings. The SMILES string of the molecule is C[C@@H]1C[C@H]1C(=O)N[C@@H]1C[C@H]1C1CC1. The molecule has 0 aromatic heterocycles. The first-order valence-electron chi connectivity index (χ1n) is 5.56. The van der Waals surface area contributed by atoms with E-state index in [-0.39, 0.29) is 0 Å². The van der Waals surface area contributed by atoms with Gasteiger partial charge in [-0.25, -0.2) is 0 Å². The van der Waals surface area contributed by atoms with Crippen LogP contribution in [0.4, 0.5) is 0 Å². The monoisotopic (exact) mass is 179 g/mol. The molecule has 0 aromatic rings. The molecule has 0 aliphatic heterocycles. The van der Waals surface area contributed by atoms with Gasteiger partial charge in [0, 0.05) is 12.0 Å². The van der Waals surface area contributed by atoms with Crippen molar-refractivity contribution in [3.8, 4) is 0 Å². The Morgan fingerprint density at radius 2 is 2.00 bits per heavy atom. The van der Waals surface area contributed by atoms with E-state index >= 15 is 0 Å². The van der Waals surface area contributed by atoms with Crippen LogP contribution in [0.2, 0.25) is 0 Å². The van der Waals surface area contributed by atoms with Crippen LogP contribution in [0.15, 0.2) is 0 Å². The van der Waals surface area contributed by atoms with Gasteiger partial charge < -0.3 is 5.32 Å². The van der Waals surface area contributed by atoms with Gasteiger partial charge in [0.2, 0.25) is 5.91 Å². The molecular weight excluding hydrogens is 162 g/mol. The lowest BCUT2D eigenvalue weighted by molar-refractivity contribution is -0.122. The van der Waals surface area contributed by atoms with E-state index in [0.29, 0.717) is 23.8 Å². The lowest BCUT2D eigenvalue weighted by Crippen LogP contribution is -2.28. The topological polar surface area (TPSA) is 29.1 Å². The molecule has 2 nitrogen and oxygen atoms in total. The van der Waals surface area contributed by atoms with E-state index in [4.69, 9.17) is 0 Å². The van der Waals surface area contributed by atoms with E-state index in [1.807, 2.05) is 0 Å². The molecule has 3 aliphatic rings. The van der Waals surface area contributed by atoms with Crippen LogP contribution in [0.5, 0.6) is 0 Å². The fourth-order valence-electron chi connectivity index (χ4n) is 2.40. The molecule has 0 heterocycles. The van der Waals surface area contributed by atoms with E-state index in [1.165, 1.54) is 19.3 Å². The van der Waals surface area contributed by atoms with Gasteiger partial charge in [-0.1, -0.05) is 6.92 Å². The highest BCUT2D eigenvalue weighted by Gasteiger charge is 2.50. The molecule has 0 saturated heterocycles. The molecule has 1 amide bonds. The summed E-state index contributed by atoms with van der Waals surface area (Å²) in [7, 11) is 0. The van der Waals surface area contributed by atoms with Crippen molar-refractivity contribution in [1.82, 2.24) is 5.32 Å². The molecule has 3 rings (SSSR count). The predicted molar refractivity (Wildman–Crippen MR) is 50.0 cm³/mol. The smallest absolute Gasteiger partial charge is 0.223 e. The molecule has 0 bridgehead atoms. The summed E-state index contributed by atoms with van der Waals surface area (Å²) in [6.07, 6.45) is 5.21. The molecular formula is C11H17NO. The molecule has 0 aromatic carbocycles. The normalized spacial score (nSPS) is 47.2. The minimum absolute atomic E-state index is 0.334. The van der Waals surface area contributed by atoms with Gasteiger partial charge in [0.15, 0.2) is 0 Å². The molecule has 1 N–H and O–H groups in total. The number of amides is 1. The fraction of sp³-hybridized carbons (Fsp3) is 0.909. The molecule has 13 heavy (non-hydrogen) atoms. The average molecular weight is 179 g/mol. The van der Waals surface area contributed by atoms with Gasteiger partial charge in [-0.05, 0) is 43.4 Å². The first-order chi connectivity index (χ1) is 6.25. The highest BCUT2D eigenvalue weighted by molar-refractivity contribution is 5.82. The maximum Gasteiger partial charge on any atom is 0.223 e. The Kier molecular flexibility index (Phi) is 1.50. The van der Waals surface area contributed by atoms with E-state index in [0.717, 1.165) is 18.3 Å². The Morgan fingerprint density at radius 1 is 1.31 bits per heavy atom. The highest BCUT2D eigenvalue weighted by Crippen LogP contribution is 2.50. The first-order valence-corrected chi connectivity index (χ1v) is 5.56. The summed E-state index contributed by atoms with van der Waals surface area (Å²) in [5.41, 5.74) is 0. The Hall–Kier alpha value is -0.530. The zero-order valence-corrected chi connectivity index (χ0v) is 8.12. The molecule has 4 atom stereocenters. The van der Waals surface area contributed by atoms with Crippen molar-refractivity contribution in [2.75, 3.05) is 0 Å². The minimum Gasteiger partial charge on any atom is -0.353 e. The van der Waals surface area contributed by atoms with Crippen LogP contribution >= 0.6 is 0 Å². The molecule has 72 valence electrons. The number of carbonyl (C=O) groups is 1. The van der Waals surface area contributed by atoms with Crippen molar-refractivity contribution in [2.24, 2.45) is 23.7 Å². The van der Waals surface area contributed by atoms with Crippen LogP contribution in [0.3, 0.4) is 0 Å². The Balaban J connectivity index is 1.45. The third kappa shape index (κ3) is 1.47. The zero-order valence-electron chi connectivity index (χ0n) is 8.12. The molecule has 0 unspecified atom stereocenters. The summed E-state index contributed by atoms with van der Waals surface area (Å²) in [5.74, 6) is 3.18. The largest absolute Gasteiger partial charge is 0.353 e. The van der Waals surface area contributed by atoms with E-state index < -0.39 is 0 Å². The number of carbonyl (C=O) groups excluding carboxylic acids is 1. The second-order valence-corrected chi connectivity index (χ2v) is 5.17. The van der Waals surface area contributed by atoms with Crippen LogP contribution in [0, 0.1) is 23.7 Å². The zero-order chi connectivity index (χ0) is 9.00. The molecule has 2 heteroatoms. The molecule has 0 spiro atoms. The molecule has 0 radical (unpaired) electrons. The van der Waals surface area contributed by atoms with Crippen molar-refractivity contribution >= 4 is 5.91 Å². The van der Waals surface area contributed by atoms with Crippen LogP contribution < -0.4 is 5.32 Å². The number of hydrogen-bond acceptors (Lipinski definition) is 1. The van der Waals surface area contributed by atoms with Gasteiger partial charge >= 0.3 is 0 Å². The first kappa shape index (κ1) is 7.84. The quantitative estimate of drug-likeness (QED) is 0.700. The minimum atomic E-state index is 0.334. The maximum absolute atomic E-state index is 11.5. The molecule has 3 saturated carbocycles.